The van der Waals surface area contributed by atoms with Crippen molar-refractivity contribution in [2.75, 3.05) is 25.7 Å². The van der Waals surface area contributed by atoms with E-state index in [9.17, 15) is 19.5 Å². The Kier molecular flexibility index (Phi) is 6.86. The molecule has 9 heteroatoms. The standard InChI is InChI=1S/C22H20O8S/c1-13(23)29-17-7-5-4-6-16(17)21(25)28-10-11-31(3)20-19(24)15-9-8-14(27-2)12-18(15)30-22(20)26/h4-9,12H,10-11H2,1-3H3/p+1. The molecule has 1 heterocycles. The minimum atomic E-state index is -0.757. The molecule has 2 aromatic carbocycles. The lowest BCUT2D eigenvalue weighted by Crippen LogP contribution is -2.21. The van der Waals surface area contributed by atoms with E-state index >= 15 is 0 Å². The van der Waals surface area contributed by atoms with Crippen molar-refractivity contribution in [1.82, 2.24) is 0 Å². The molecule has 0 spiro atoms. The normalized spacial score (nSPS) is 11.7. The molecule has 1 N–H and O–H groups in total. The number of carbonyl (C=O) groups is 2. The van der Waals surface area contributed by atoms with E-state index in [1.807, 2.05) is 0 Å². The molecule has 0 amide bonds. The molecule has 0 fully saturated rings. The van der Waals surface area contributed by atoms with Crippen molar-refractivity contribution in [3.8, 4) is 17.2 Å². The monoisotopic (exact) mass is 445 g/mol. The Labute approximate surface area is 180 Å². The molecule has 1 aromatic heterocycles. The Balaban J connectivity index is 1.72. The number of ether oxygens (including phenoxy) is 3. The number of aromatic hydroxyl groups is 1. The molecule has 0 bridgehead atoms. The third kappa shape index (κ3) is 5.00. The second-order valence-electron chi connectivity index (χ2n) is 6.50. The van der Waals surface area contributed by atoms with Gasteiger partial charge in [-0.3, -0.25) is 4.79 Å². The van der Waals surface area contributed by atoms with Crippen molar-refractivity contribution in [2.24, 2.45) is 0 Å². The quantitative estimate of drug-likeness (QED) is 0.256. The van der Waals surface area contributed by atoms with E-state index in [0.717, 1.165) is 0 Å². The van der Waals surface area contributed by atoms with Crippen molar-refractivity contribution >= 4 is 33.8 Å². The fourth-order valence-corrected chi connectivity index (χ4v) is 4.20. The topological polar surface area (TPSA) is 112 Å². The van der Waals surface area contributed by atoms with E-state index in [1.165, 1.54) is 32.2 Å². The molecule has 1 unspecified atom stereocenters. The van der Waals surface area contributed by atoms with Crippen LogP contribution in [0.1, 0.15) is 17.3 Å². The highest BCUT2D eigenvalue weighted by Gasteiger charge is 2.29. The SMILES string of the molecule is COc1ccc2c(O)c([S+](C)CCOC(=O)c3ccccc3OC(C)=O)c(=O)oc2c1. The smallest absolute Gasteiger partial charge is 0.396 e. The van der Waals surface area contributed by atoms with Gasteiger partial charge in [0.05, 0.1) is 12.5 Å². The van der Waals surface area contributed by atoms with Gasteiger partial charge in [-0.2, -0.15) is 0 Å². The van der Waals surface area contributed by atoms with Crippen LogP contribution in [0.5, 0.6) is 17.2 Å². The maximum atomic E-state index is 12.4. The minimum absolute atomic E-state index is 0.00756. The second kappa shape index (κ2) is 9.57. The summed E-state index contributed by atoms with van der Waals surface area (Å²) in [6, 6.07) is 11.0. The van der Waals surface area contributed by atoms with Crippen LogP contribution in [0, 0.1) is 0 Å². The Bertz CT molecular complexity index is 1180. The van der Waals surface area contributed by atoms with Crippen LogP contribution < -0.4 is 15.1 Å². The van der Waals surface area contributed by atoms with Crippen LogP contribution in [0.4, 0.5) is 0 Å². The molecule has 162 valence electrons. The van der Waals surface area contributed by atoms with Crippen LogP contribution in [0.25, 0.3) is 11.0 Å². The lowest BCUT2D eigenvalue weighted by molar-refractivity contribution is -0.131. The number of fused-ring (bicyclic) bond motifs is 1. The molecule has 1 atom stereocenters. The number of benzene rings is 2. The summed E-state index contributed by atoms with van der Waals surface area (Å²) >= 11 is 0. The summed E-state index contributed by atoms with van der Waals surface area (Å²) in [5.74, 6) is -0.465. The summed E-state index contributed by atoms with van der Waals surface area (Å²) in [6.07, 6.45) is 1.75. The van der Waals surface area contributed by atoms with Crippen molar-refractivity contribution < 1.29 is 33.3 Å². The average molecular weight is 445 g/mol. The van der Waals surface area contributed by atoms with Crippen LogP contribution in [0.2, 0.25) is 0 Å². The predicted molar refractivity (Wildman–Crippen MR) is 115 cm³/mol. The van der Waals surface area contributed by atoms with Gasteiger partial charge in [0, 0.05) is 23.9 Å². The Morgan fingerprint density at radius 2 is 1.90 bits per heavy atom. The number of hydrogen-bond acceptors (Lipinski definition) is 8. The highest BCUT2D eigenvalue weighted by Crippen LogP contribution is 2.32. The lowest BCUT2D eigenvalue weighted by atomic mass is 10.2. The fraction of sp³-hybridized carbons (Fsp3) is 0.227. The van der Waals surface area contributed by atoms with Gasteiger partial charge in [-0.25, -0.2) is 9.59 Å². The molecular weight excluding hydrogens is 424 g/mol. The molecule has 0 saturated carbocycles. The number of para-hydroxylation sites is 1. The summed E-state index contributed by atoms with van der Waals surface area (Å²) in [5.41, 5.74) is -0.317. The van der Waals surface area contributed by atoms with Gasteiger partial charge < -0.3 is 23.7 Å². The maximum absolute atomic E-state index is 12.4. The first kappa shape index (κ1) is 22.2. The van der Waals surface area contributed by atoms with E-state index in [4.69, 9.17) is 18.6 Å². The van der Waals surface area contributed by atoms with E-state index < -0.39 is 28.5 Å². The zero-order valence-electron chi connectivity index (χ0n) is 17.2. The lowest BCUT2D eigenvalue weighted by Gasteiger charge is -2.09. The molecule has 3 rings (SSSR count). The minimum Gasteiger partial charge on any atom is -0.503 e. The predicted octanol–water partition coefficient (Wildman–Crippen LogP) is 2.90. The van der Waals surface area contributed by atoms with Gasteiger partial charge in [0.1, 0.15) is 41.3 Å². The Hall–Kier alpha value is -3.46. The fourth-order valence-electron chi connectivity index (χ4n) is 2.90. The number of esters is 2. The van der Waals surface area contributed by atoms with E-state index in [1.54, 1.807) is 30.5 Å². The zero-order valence-corrected chi connectivity index (χ0v) is 18.0. The molecule has 0 saturated heterocycles. The number of hydrogen-bond donors (Lipinski definition) is 1. The first-order chi connectivity index (χ1) is 14.8. The highest BCUT2D eigenvalue weighted by molar-refractivity contribution is 7.96. The average Bonchev–Trinajstić information content (AvgIpc) is 2.73. The molecule has 31 heavy (non-hydrogen) atoms. The van der Waals surface area contributed by atoms with Crippen LogP contribution in [-0.2, 0) is 20.4 Å². The number of rotatable bonds is 7. The summed E-state index contributed by atoms with van der Waals surface area (Å²) in [4.78, 5) is 36.2. The zero-order chi connectivity index (χ0) is 22.5. The van der Waals surface area contributed by atoms with Crippen LogP contribution in [0.3, 0.4) is 0 Å². The summed E-state index contributed by atoms with van der Waals surface area (Å²) in [5, 5.41) is 11.0. The third-order valence-corrected chi connectivity index (χ3v) is 6.21. The van der Waals surface area contributed by atoms with Gasteiger partial charge in [0.15, 0.2) is 5.75 Å². The van der Waals surface area contributed by atoms with Gasteiger partial charge >= 0.3 is 17.6 Å². The van der Waals surface area contributed by atoms with Crippen molar-refractivity contribution in [2.45, 2.75) is 11.8 Å². The first-order valence-corrected chi connectivity index (χ1v) is 11.0. The second-order valence-corrected chi connectivity index (χ2v) is 8.59. The molecular formula is C22H21O8S+. The van der Waals surface area contributed by atoms with Crippen LogP contribution >= 0.6 is 0 Å². The highest BCUT2D eigenvalue weighted by atomic mass is 32.2. The molecule has 8 nitrogen and oxygen atoms in total. The molecule has 0 radical (unpaired) electrons. The largest absolute Gasteiger partial charge is 0.503 e. The number of methoxy groups -OCH3 is 1. The van der Waals surface area contributed by atoms with Crippen molar-refractivity contribution in [1.29, 1.82) is 0 Å². The van der Waals surface area contributed by atoms with Crippen LogP contribution in [0.15, 0.2) is 56.6 Å². The van der Waals surface area contributed by atoms with Crippen LogP contribution in [-0.4, -0.2) is 42.8 Å². The van der Waals surface area contributed by atoms with Crippen molar-refractivity contribution in [3.05, 3.63) is 58.4 Å². The molecule has 0 aliphatic heterocycles. The van der Waals surface area contributed by atoms with E-state index in [2.05, 4.69) is 0 Å². The first-order valence-electron chi connectivity index (χ1n) is 9.22. The molecule has 3 aromatic rings. The van der Waals surface area contributed by atoms with Gasteiger partial charge in [0.25, 0.3) is 4.90 Å². The molecule has 0 aliphatic rings. The van der Waals surface area contributed by atoms with Crippen molar-refractivity contribution in [3.63, 3.8) is 0 Å². The summed E-state index contributed by atoms with van der Waals surface area (Å²) in [6.45, 7) is 1.23. The third-order valence-electron chi connectivity index (χ3n) is 4.38. The Morgan fingerprint density at radius 1 is 1.16 bits per heavy atom. The maximum Gasteiger partial charge on any atom is 0.396 e. The van der Waals surface area contributed by atoms with E-state index in [0.29, 0.717) is 16.9 Å². The summed E-state index contributed by atoms with van der Waals surface area (Å²) in [7, 11) is 0.732. The van der Waals surface area contributed by atoms with Gasteiger partial charge in [-0.05, 0) is 24.3 Å². The van der Waals surface area contributed by atoms with Gasteiger partial charge in [-0.15, -0.1) is 0 Å². The molecule has 0 aliphatic carbocycles. The summed E-state index contributed by atoms with van der Waals surface area (Å²) < 4.78 is 20.7. The number of carbonyl (C=O) groups excluding carboxylic acids is 2. The van der Waals surface area contributed by atoms with Gasteiger partial charge in [-0.1, -0.05) is 12.1 Å². The Morgan fingerprint density at radius 3 is 2.61 bits per heavy atom. The van der Waals surface area contributed by atoms with E-state index in [-0.39, 0.29) is 34.1 Å². The van der Waals surface area contributed by atoms with Gasteiger partial charge in [0.2, 0.25) is 0 Å².